The van der Waals surface area contributed by atoms with Gasteiger partial charge in [-0.2, -0.15) is 0 Å². The number of nitrogens with zero attached hydrogens (tertiary/aromatic N) is 2. The first-order valence-corrected chi connectivity index (χ1v) is 6.05. The van der Waals surface area contributed by atoms with E-state index in [0.29, 0.717) is 5.82 Å². The molecule has 2 aromatic rings. The number of hydrogen-bond donors (Lipinski definition) is 1. The molecule has 0 amide bonds. The van der Waals surface area contributed by atoms with Crippen molar-refractivity contribution in [3.8, 4) is 0 Å². The van der Waals surface area contributed by atoms with Gasteiger partial charge in [0, 0.05) is 16.6 Å². The quantitative estimate of drug-likeness (QED) is 0.842. The Bertz CT molecular complexity index is 570. The van der Waals surface area contributed by atoms with E-state index in [9.17, 15) is 0 Å². The molecule has 0 aliphatic carbocycles. The fourth-order valence-corrected chi connectivity index (χ4v) is 2.06. The third kappa shape index (κ3) is 2.42. The van der Waals surface area contributed by atoms with Gasteiger partial charge >= 0.3 is 0 Å². The highest BCUT2D eigenvalue weighted by Gasteiger charge is 2.05. The number of pyridine rings is 1. The van der Waals surface area contributed by atoms with E-state index in [2.05, 4.69) is 16.5 Å². The van der Waals surface area contributed by atoms with Crippen molar-refractivity contribution in [2.45, 2.75) is 6.92 Å². The van der Waals surface area contributed by atoms with Crippen LogP contribution in [0, 0.1) is 6.92 Å². The van der Waals surface area contributed by atoms with Gasteiger partial charge in [0.15, 0.2) is 0 Å². The van der Waals surface area contributed by atoms with Gasteiger partial charge in [-0.25, -0.2) is 9.97 Å². The van der Waals surface area contributed by atoms with E-state index in [1.165, 1.54) is 4.88 Å². The summed E-state index contributed by atoms with van der Waals surface area (Å²) < 4.78 is 0. The lowest BCUT2D eigenvalue weighted by atomic mass is 10.1. The molecular formula is C13H13N3S. The molecule has 0 radical (unpaired) electrons. The van der Waals surface area contributed by atoms with E-state index in [-0.39, 0.29) is 0 Å². The Labute approximate surface area is 104 Å². The van der Waals surface area contributed by atoms with Crippen molar-refractivity contribution < 1.29 is 0 Å². The Morgan fingerprint density at radius 2 is 2.29 bits per heavy atom. The molecule has 0 atom stereocenters. The van der Waals surface area contributed by atoms with E-state index in [0.717, 1.165) is 16.8 Å². The highest BCUT2D eigenvalue weighted by atomic mass is 32.1. The predicted molar refractivity (Wildman–Crippen MR) is 73.6 cm³/mol. The molecular weight excluding hydrogens is 230 g/mol. The maximum atomic E-state index is 5.85. The highest BCUT2D eigenvalue weighted by molar-refractivity contribution is 7.09. The maximum Gasteiger partial charge on any atom is 0.131 e. The number of rotatable bonds is 3. The zero-order chi connectivity index (χ0) is 12.3. The molecule has 86 valence electrons. The van der Waals surface area contributed by atoms with Gasteiger partial charge < -0.3 is 5.73 Å². The number of anilines is 1. The lowest BCUT2D eigenvalue weighted by Gasteiger charge is -2.04. The number of aryl methyl sites for hydroxylation is 1. The molecule has 0 saturated heterocycles. The summed E-state index contributed by atoms with van der Waals surface area (Å²) in [6.07, 6.45) is 5.42. The average Bonchev–Trinajstić information content (AvgIpc) is 2.73. The average molecular weight is 243 g/mol. The van der Waals surface area contributed by atoms with E-state index >= 15 is 0 Å². The van der Waals surface area contributed by atoms with Gasteiger partial charge in [-0.15, -0.1) is 11.3 Å². The van der Waals surface area contributed by atoms with Crippen LogP contribution >= 0.6 is 11.3 Å². The fourth-order valence-electron chi connectivity index (χ4n) is 1.51. The summed E-state index contributed by atoms with van der Waals surface area (Å²) >= 11 is 1.62. The Morgan fingerprint density at radius 1 is 1.47 bits per heavy atom. The second kappa shape index (κ2) is 4.93. The molecule has 0 aliphatic rings. The third-order valence-electron chi connectivity index (χ3n) is 2.44. The molecule has 0 unspecified atom stereocenters. The van der Waals surface area contributed by atoms with Crippen molar-refractivity contribution in [3.63, 3.8) is 0 Å². The number of nitrogens with two attached hydrogens (primary N) is 1. The van der Waals surface area contributed by atoms with Gasteiger partial charge in [-0.05, 0) is 30.7 Å². The van der Waals surface area contributed by atoms with Crippen molar-refractivity contribution in [1.29, 1.82) is 0 Å². The molecule has 0 saturated carbocycles. The minimum absolute atomic E-state index is 0.506. The highest BCUT2D eigenvalue weighted by Crippen LogP contribution is 2.24. The van der Waals surface area contributed by atoms with E-state index in [4.69, 9.17) is 5.73 Å². The van der Waals surface area contributed by atoms with Crippen molar-refractivity contribution in [3.05, 3.63) is 52.6 Å². The van der Waals surface area contributed by atoms with Crippen LogP contribution in [0.5, 0.6) is 0 Å². The summed E-state index contributed by atoms with van der Waals surface area (Å²) in [4.78, 5) is 9.54. The minimum atomic E-state index is 0.506. The van der Waals surface area contributed by atoms with Gasteiger partial charge in [0.2, 0.25) is 0 Å². The molecule has 0 aliphatic heterocycles. The number of hydrogen-bond acceptors (Lipinski definition) is 4. The van der Waals surface area contributed by atoms with Crippen LogP contribution in [-0.2, 0) is 0 Å². The first kappa shape index (κ1) is 11.5. The molecule has 0 fully saturated rings. The summed E-state index contributed by atoms with van der Waals surface area (Å²) in [6.45, 7) is 5.85. The molecule has 2 N–H and O–H groups in total. The molecule has 0 bridgehead atoms. The molecule has 2 rings (SSSR count). The van der Waals surface area contributed by atoms with E-state index in [1.807, 2.05) is 30.6 Å². The van der Waals surface area contributed by atoms with Crippen LogP contribution in [0.1, 0.15) is 16.1 Å². The number of nitrogen functional groups attached to an aromatic ring is 1. The standard InChI is InChI=1S/C13H13N3S/c1-3-10(7-12-9(2)17-8-16-12)11-5-4-6-15-13(11)14/h3-8H,1H2,2H3,(H2,14,15)/b10-7+. The van der Waals surface area contributed by atoms with Crippen LogP contribution in [0.3, 0.4) is 0 Å². The van der Waals surface area contributed by atoms with Crippen molar-refractivity contribution >= 4 is 28.8 Å². The van der Waals surface area contributed by atoms with Gasteiger partial charge in [0.05, 0.1) is 11.2 Å². The molecule has 2 aromatic heterocycles. The first-order valence-electron chi connectivity index (χ1n) is 5.17. The van der Waals surface area contributed by atoms with Crippen LogP contribution in [0.4, 0.5) is 5.82 Å². The predicted octanol–water partition coefficient (Wildman–Crippen LogP) is 3.16. The summed E-state index contributed by atoms with van der Waals surface area (Å²) in [5.74, 6) is 0.506. The normalized spacial score (nSPS) is 11.5. The van der Waals surface area contributed by atoms with Crippen LogP contribution in [0.2, 0.25) is 0 Å². The Balaban J connectivity index is 2.48. The maximum absolute atomic E-state index is 5.85. The summed E-state index contributed by atoms with van der Waals surface area (Å²) in [6, 6.07) is 3.79. The number of aromatic nitrogens is 2. The third-order valence-corrected chi connectivity index (χ3v) is 3.22. The Morgan fingerprint density at radius 3 is 2.88 bits per heavy atom. The van der Waals surface area contributed by atoms with Crippen LogP contribution in [0.25, 0.3) is 11.6 Å². The lowest BCUT2D eigenvalue weighted by Crippen LogP contribution is -1.95. The summed E-state index contributed by atoms with van der Waals surface area (Å²) in [7, 11) is 0. The fraction of sp³-hybridized carbons (Fsp3) is 0.0769. The van der Waals surface area contributed by atoms with Crippen LogP contribution < -0.4 is 5.73 Å². The lowest BCUT2D eigenvalue weighted by molar-refractivity contribution is 1.32. The van der Waals surface area contributed by atoms with Gasteiger partial charge in [-0.3, -0.25) is 0 Å². The smallest absolute Gasteiger partial charge is 0.131 e. The topological polar surface area (TPSA) is 51.8 Å². The van der Waals surface area contributed by atoms with E-state index < -0.39 is 0 Å². The minimum Gasteiger partial charge on any atom is -0.383 e. The van der Waals surface area contributed by atoms with Crippen molar-refractivity contribution in [2.24, 2.45) is 0 Å². The van der Waals surface area contributed by atoms with Crippen LogP contribution in [0.15, 0.2) is 36.5 Å². The second-order valence-corrected chi connectivity index (χ2v) is 4.59. The number of allylic oxidation sites excluding steroid dienone is 2. The van der Waals surface area contributed by atoms with E-state index in [1.54, 1.807) is 23.6 Å². The molecule has 17 heavy (non-hydrogen) atoms. The van der Waals surface area contributed by atoms with Crippen LogP contribution in [-0.4, -0.2) is 9.97 Å². The zero-order valence-corrected chi connectivity index (χ0v) is 10.4. The van der Waals surface area contributed by atoms with Crippen molar-refractivity contribution in [1.82, 2.24) is 9.97 Å². The largest absolute Gasteiger partial charge is 0.383 e. The van der Waals surface area contributed by atoms with Gasteiger partial charge in [0.1, 0.15) is 5.82 Å². The molecule has 0 aromatic carbocycles. The first-order chi connectivity index (χ1) is 8.22. The Hall–Kier alpha value is -1.94. The zero-order valence-electron chi connectivity index (χ0n) is 9.55. The van der Waals surface area contributed by atoms with Gasteiger partial charge in [0.25, 0.3) is 0 Å². The number of thiazole rings is 1. The second-order valence-electron chi connectivity index (χ2n) is 3.53. The monoisotopic (exact) mass is 243 g/mol. The summed E-state index contributed by atoms with van der Waals surface area (Å²) in [5.41, 5.74) is 10.4. The molecule has 4 heteroatoms. The SMILES string of the molecule is C=C/C(=C\c1ncsc1C)c1cccnc1N. The molecule has 2 heterocycles. The van der Waals surface area contributed by atoms with Crippen molar-refractivity contribution in [2.75, 3.05) is 5.73 Å². The summed E-state index contributed by atoms with van der Waals surface area (Å²) in [5, 5.41) is 0. The van der Waals surface area contributed by atoms with Gasteiger partial charge in [-0.1, -0.05) is 12.7 Å². The Kier molecular flexibility index (Phi) is 3.35. The molecule has 0 spiro atoms. The molecule has 3 nitrogen and oxygen atoms in total.